The molecule has 278 valence electrons. The second kappa shape index (κ2) is 18.3. The number of ether oxygens (including phenoxy) is 1. The molecule has 0 aliphatic carbocycles. The van der Waals surface area contributed by atoms with E-state index in [-0.39, 0.29) is 42.0 Å². The molecule has 4 atom stereocenters. The number of benzene rings is 2. The molecular weight excluding hydrogens is 644 g/mol. The highest BCUT2D eigenvalue weighted by atomic mass is 16.5. The molecular formula is C41H58N4O6. The van der Waals surface area contributed by atoms with E-state index >= 15 is 0 Å². The van der Waals surface area contributed by atoms with Crippen molar-refractivity contribution in [2.75, 3.05) is 20.7 Å². The van der Waals surface area contributed by atoms with Gasteiger partial charge in [0.25, 0.3) is 0 Å². The summed E-state index contributed by atoms with van der Waals surface area (Å²) in [4.78, 5) is 70.8. The predicted molar refractivity (Wildman–Crippen MR) is 200 cm³/mol. The van der Waals surface area contributed by atoms with Crippen molar-refractivity contribution in [1.82, 2.24) is 20.4 Å². The van der Waals surface area contributed by atoms with Crippen molar-refractivity contribution < 1.29 is 28.7 Å². The third-order valence-electron chi connectivity index (χ3n) is 9.65. The lowest BCUT2D eigenvalue weighted by atomic mass is 9.84. The molecule has 0 saturated carbocycles. The van der Waals surface area contributed by atoms with Crippen LogP contribution in [0.3, 0.4) is 0 Å². The first kappa shape index (κ1) is 41.1. The number of carbonyl (C=O) groups excluding carboxylic acids is 5. The van der Waals surface area contributed by atoms with Crippen molar-refractivity contribution in [3.63, 3.8) is 0 Å². The summed E-state index contributed by atoms with van der Waals surface area (Å²) in [5.74, 6) is -1.63. The van der Waals surface area contributed by atoms with Gasteiger partial charge < -0.3 is 20.3 Å². The van der Waals surface area contributed by atoms with Crippen LogP contribution >= 0.6 is 0 Å². The van der Waals surface area contributed by atoms with Crippen LogP contribution in [0, 0.1) is 11.3 Å². The van der Waals surface area contributed by atoms with Gasteiger partial charge >= 0.3 is 5.97 Å². The molecule has 2 aromatic carbocycles. The lowest BCUT2D eigenvalue weighted by Gasteiger charge is -2.41. The van der Waals surface area contributed by atoms with Crippen LogP contribution in [0.4, 0.5) is 0 Å². The zero-order valence-electron chi connectivity index (χ0n) is 32.1. The molecule has 10 heteroatoms. The third kappa shape index (κ3) is 11.1. The molecule has 1 aliphatic rings. The first-order valence-electron chi connectivity index (χ1n) is 18.0. The van der Waals surface area contributed by atoms with E-state index in [4.69, 9.17) is 4.74 Å². The summed E-state index contributed by atoms with van der Waals surface area (Å²) in [6.45, 7) is 16.4. The number of amides is 3. The zero-order valence-corrected chi connectivity index (χ0v) is 32.1. The van der Waals surface area contributed by atoms with Crippen LogP contribution in [0.5, 0.6) is 0 Å². The Balaban J connectivity index is 1.76. The van der Waals surface area contributed by atoms with Gasteiger partial charge in [-0.1, -0.05) is 102 Å². The molecule has 1 fully saturated rings. The van der Waals surface area contributed by atoms with Crippen molar-refractivity contribution in [3.05, 3.63) is 82.9 Å². The number of nitrogens with one attached hydrogen (secondary N) is 2. The molecule has 0 bridgehead atoms. The fourth-order valence-corrected chi connectivity index (χ4v) is 6.57. The van der Waals surface area contributed by atoms with E-state index in [2.05, 4.69) is 29.4 Å². The van der Waals surface area contributed by atoms with Gasteiger partial charge in [-0.25, -0.2) is 4.79 Å². The SMILES string of the molecule is COC(=O)C(Cc1ccc(C(=O)c2ccccc2)cc1)NC(=O)/C(C)=C/C(C(C)C)N(C)C(=O)C(NC(=O)C1CCCCN1C(C)C)C(C)(C)C. The largest absolute Gasteiger partial charge is 0.467 e. The fourth-order valence-electron chi connectivity index (χ4n) is 6.57. The second-order valence-corrected chi connectivity index (χ2v) is 15.3. The van der Waals surface area contributed by atoms with E-state index in [0.29, 0.717) is 16.7 Å². The van der Waals surface area contributed by atoms with Gasteiger partial charge in [-0.05, 0) is 57.1 Å². The van der Waals surface area contributed by atoms with Crippen molar-refractivity contribution in [1.29, 1.82) is 0 Å². The number of ketones is 1. The van der Waals surface area contributed by atoms with E-state index in [1.165, 1.54) is 7.11 Å². The van der Waals surface area contributed by atoms with E-state index in [9.17, 15) is 24.0 Å². The molecule has 3 amide bonds. The summed E-state index contributed by atoms with van der Waals surface area (Å²) in [5.41, 5.74) is 1.59. The van der Waals surface area contributed by atoms with Crippen LogP contribution in [0.25, 0.3) is 0 Å². The van der Waals surface area contributed by atoms with Crippen LogP contribution in [-0.4, -0.2) is 90.2 Å². The summed E-state index contributed by atoms with van der Waals surface area (Å²) in [6.07, 6.45) is 4.66. The van der Waals surface area contributed by atoms with Gasteiger partial charge in [-0.15, -0.1) is 0 Å². The molecule has 0 spiro atoms. The molecule has 10 nitrogen and oxygen atoms in total. The molecule has 2 aromatic rings. The van der Waals surface area contributed by atoms with Gasteiger partial charge in [-0.3, -0.25) is 24.1 Å². The van der Waals surface area contributed by atoms with E-state index < -0.39 is 35.4 Å². The predicted octanol–water partition coefficient (Wildman–Crippen LogP) is 5.34. The Morgan fingerprint density at radius 2 is 1.53 bits per heavy atom. The quantitative estimate of drug-likeness (QED) is 0.155. The number of carbonyl (C=O) groups is 5. The number of likely N-dealkylation sites (tertiary alicyclic amines) is 1. The third-order valence-corrected chi connectivity index (χ3v) is 9.65. The first-order chi connectivity index (χ1) is 24.0. The minimum absolute atomic E-state index is 0.0682. The maximum absolute atomic E-state index is 14.2. The summed E-state index contributed by atoms with van der Waals surface area (Å²) < 4.78 is 5.01. The highest BCUT2D eigenvalue weighted by Gasteiger charge is 2.40. The highest BCUT2D eigenvalue weighted by Crippen LogP contribution is 2.26. The van der Waals surface area contributed by atoms with E-state index in [0.717, 1.165) is 31.4 Å². The molecule has 0 radical (unpaired) electrons. The van der Waals surface area contributed by atoms with Crippen molar-refractivity contribution in [2.24, 2.45) is 11.3 Å². The van der Waals surface area contributed by atoms with Gasteiger partial charge in [-0.2, -0.15) is 0 Å². The number of nitrogens with zero attached hydrogens (tertiary/aromatic N) is 2. The number of hydrogen-bond donors (Lipinski definition) is 2. The molecule has 1 saturated heterocycles. The maximum atomic E-state index is 14.2. The van der Waals surface area contributed by atoms with Gasteiger partial charge in [0.15, 0.2) is 5.78 Å². The summed E-state index contributed by atoms with van der Waals surface area (Å²) in [6, 6.07) is 13.6. The van der Waals surface area contributed by atoms with Crippen LogP contribution in [0.2, 0.25) is 0 Å². The fraction of sp³-hybridized carbons (Fsp3) is 0.537. The Morgan fingerprint density at radius 1 is 0.922 bits per heavy atom. The van der Waals surface area contributed by atoms with E-state index in [1.807, 2.05) is 52.8 Å². The second-order valence-electron chi connectivity index (χ2n) is 15.3. The molecule has 1 aliphatic heterocycles. The van der Waals surface area contributed by atoms with Crippen LogP contribution in [0.15, 0.2) is 66.2 Å². The first-order valence-corrected chi connectivity index (χ1v) is 18.0. The normalized spacial score (nSPS) is 17.3. The molecule has 4 unspecified atom stereocenters. The highest BCUT2D eigenvalue weighted by molar-refractivity contribution is 6.09. The Kier molecular flexibility index (Phi) is 14.7. The van der Waals surface area contributed by atoms with Gasteiger partial charge in [0, 0.05) is 36.2 Å². The monoisotopic (exact) mass is 702 g/mol. The number of methoxy groups -OCH3 is 1. The molecule has 2 N–H and O–H groups in total. The lowest BCUT2D eigenvalue weighted by Crippen LogP contribution is -2.60. The summed E-state index contributed by atoms with van der Waals surface area (Å²) in [5, 5.41) is 5.91. The number of esters is 1. The zero-order chi connectivity index (χ0) is 38.0. The van der Waals surface area contributed by atoms with Gasteiger partial charge in [0.05, 0.1) is 19.2 Å². The Hall–Kier alpha value is -4.31. The van der Waals surface area contributed by atoms with Crippen molar-refractivity contribution >= 4 is 29.5 Å². The number of piperidine rings is 1. The summed E-state index contributed by atoms with van der Waals surface area (Å²) >= 11 is 0. The Bertz CT molecular complexity index is 1540. The molecule has 3 rings (SSSR count). The minimum Gasteiger partial charge on any atom is -0.467 e. The molecule has 51 heavy (non-hydrogen) atoms. The number of likely N-dealkylation sites (N-methyl/N-ethyl adjacent to an activating group) is 1. The Morgan fingerprint density at radius 3 is 2.08 bits per heavy atom. The molecule has 1 heterocycles. The minimum atomic E-state index is -0.982. The van der Waals surface area contributed by atoms with Crippen LogP contribution in [0.1, 0.15) is 96.1 Å². The topological polar surface area (TPSA) is 125 Å². The standard InChI is InChI=1S/C41H58N4O6/c1-26(2)34(44(9)39(49)36(41(6,7)8)43-38(48)33-18-14-15-23-45(33)27(3)4)24-28(5)37(47)42-32(40(50)51-10)25-29-19-21-31(22-20-29)35(46)30-16-12-11-13-17-30/h11-13,16-17,19-22,24,26-27,32-34,36H,14-15,18,23,25H2,1-10H3,(H,42,47)(H,43,48)/b28-24+. The number of hydrogen-bond acceptors (Lipinski definition) is 7. The van der Waals surface area contributed by atoms with Crippen molar-refractivity contribution in [2.45, 2.75) is 111 Å². The van der Waals surface area contributed by atoms with E-state index in [1.54, 1.807) is 61.3 Å². The molecule has 0 aromatic heterocycles. The number of rotatable bonds is 14. The Labute approximate surface area is 304 Å². The van der Waals surface area contributed by atoms with Gasteiger partial charge in [0.1, 0.15) is 12.1 Å². The smallest absolute Gasteiger partial charge is 0.328 e. The van der Waals surface area contributed by atoms with Crippen molar-refractivity contribution in [3.8, 4) is 0 Å². The average Bonchev–Trinajstić information content (AvgIpc) is 3.11. The summed E-state index contributed by atoms with van der Waals surface area (Å²) in [7, 11) is 2.96. The lowest BCUT2D eigenvalue weighted by molar-refractivity contribution is -0.144. The van der Waals surface area contributed by atoms with Crippen LogP contribution < -0.4 is 10.6 Å². The maximum Gasteiger partial charge on any atom is 0.328 e. The van der Waals surface area contributed by atoms with Crippen LogP contribution in [-0.2, 0) is 30.3 Å². The average molecular weight is 703 g/mol. The van der Waals surface area contributed by atoms with Gasteiger partial charge in [0.2, 0.25) is 17.7 Å².